The van der Waals surface area contributed by atoms with E-state index in [9.17, 15) is 13.2 Å². The fourth-order valence-electron chi connectivity index (χ4n) is 4.58. The number of benzene rings is 2. The number of aromatic amines is 1. The third-order valence-electron chi connectivity index (χ3n) is 6.30. The van der Waals surface area contributed by atoms with Gasteiger partial charge in [-0.1, -0.05) is 24.3 Å². The predicted molar refractivity (Wildman–Crippen MR) is 116 cm³/mol. The molecular formula is C23H25N3O3S. The Morgan fingerprint density at radius 3 is 2.57 bits per heavy atom. The van der Waals surface area contributed by atoms with E-state index >= 15 is 0 Å². The van der Waals surface area contributed by atoms with Crippen molar-refractivity contribution in [3.05, 3.63) is 65.4 Å². The molecule has 156 valence electrons. The summed E-state index contributed by atoms with van der Waals surface area (Å²) in [6, 6.07) is 13.3. The second-order valence-corrected chi connectivity index (χ2v) is 10.1. The topological polar surface area (TPSA) is 73.5 Å². The van der Waals surface area contributed by atoms with Crippen LogP contribution in [0.15, 0.2) is 53.6 Å². The predicted octanol–water partition coefficient (Wildman–Crippen LogP) is 2.85. The minimum absolute atomic E-state index is 0.0578. The Morgan fingerprint density at radius 2 is 1.73 bits per heavy atom. The number of aromatic nitrogens is 1. The monoisotopic (exact) mass is 423 g/mol. The number of H-pyrrole nitrogens is 1. The molecule has 1 fully saturated rings. The van der Waals surface area contributed by atoms with Crippen LogP contribution in [0, 0.1) is 0 Å². The van der Waals surface area contributed by atoms with Crippen LogP contribution in [0.1, 0.15) is 27.9 Å². The van der Waals surface area contributed by atoms with Crippen molar-refractivity contribution in [2.45, 2.75) is 24.2 Å². The SMILES string of the molecule is O=C(CN1CCN(S(=O)(=O)c2ccc3c(c2)CCC3)CC1)c1c[nH]c2ccccc12. The van der Waals surface area contributed by atoms with Crippen LogP contribution in [-0.4, -0.2) is 61.1 Å². The number of nitrogens with zero attached hydrogens (tertiary/aromatic N) is 2. The summed E-state index contributed by atoms with van der Waals surface area (Å²) >= 11 is 0. The molecule has 3 aromatic rings. The van der Waals surface area contributed by atoms with Gasteiger partial charge in [-0.15, -0.1) is 0 Å². The van der Waals surface area contributed by atoms with Crippen LogP contribution in [0.2, 0.25) is 0 Å². The minimum Gasteiger partial charge on any atom is -0.360 e. The van der Waals surface area contributed by atoms with Gasteiger partial charge in [0.25, 0.3) is 0 Å². The van der Waals surface area contributed by atoms with Gasteiger partial charge in [0.05, 0.1) is 11.4 Å². The Labute approximate surface area is 176 Å². The number of piperazine rings is 1. The second kappa shape index (κ2) is 7.65. The van der Waals surface area contributed by atoms with Gasteiger partial charge in [-0.3, -0.25) is 9.69 Å². The zero-order valence-corrected chi connectivity index (χ0v) is 17.6. The van der Waals surface area contributed by atoms with Crippen LogP contribution in [0.3, 0.4) is 0 Å². The molecule has 0 atom stereocenters. The maximum Gasteiger partial charge on any atom is 0.243 e. The van der Waals surface area contributed by atoms with E-state index in [4.69, 9.17) is 0 Å². The number of para-hydroxylation sites is 1. The Bertz CT molecular complexity index is 1210. The summed E-state index contributed by atoms with van der Waals surface area (Å²) in [6.45, 7) is 2.21. The quantitative estimate of drug-likeness (QED) is 0.641. The standard InChI is InChI=1S/C23H25N3O3S/c27-23(21-15-24-22-7-2-1-6-20(21)22)16-25-10-12-26(13-11-25)30(28,29)19-9-8-17-4-3-5-18(17)14-19/h1-2,6-9,14-15,24H,3-5,10-13,16H2. The molecule has 2 aliphatic rings. The summed E-state index contributed by atoms with van der Waals surface area (Å²) in [5, 5.41) is 0.931. The van der Waals surface area contributed by atoms with Crippen LogP contribution in [-0.2, 0) is 22.9 Å². The van der Waals surface area contributed by atoms with E-state index in [1.54, 1.807) is 16.6 Å². The van der Waals surface area contributed by atoms with Crippen molar-refractivity contribution in [3.63, 3.8) is 0 Å². The molecule has 2 aromatic carbocycles. The number of hydrogen-bond donors (Lipinski definition) is 1. The lowest BCUT2D eigenvalue weighted by Gasteiger charge is -2.33. The molecule has 1 N–H and O–H groups in total. The molecule has 1 saturated heterocycles. The fourth-order valence-corrected chi connectivity index (χ4v) is 6.05. The number of fused-ring (bicyclic) bond motifs is 2. The van der Waals surface area contributed by atoms with Crippen LogP contribution in [0.5, 0.6) is 0 Å². The molecule has 5 rings (SSSR count). The van der Waals surface area contributed by atoms with E-state index < -0.39 is 10.0 Å². The first-order valence-electron chi connectivity index (χ1n) is 10.5. The van der Waals surface area contributed by atoms with Crippen molar-refractivity contribution in [2.24, 2.45) is 0 Å². The van der Waals surface area contributed by atoms with Gasteiger partial charge >= 0.3 is 0 Å². The van der Waals surface area contributed by atoms with Crippen molar-refractivity contribution in [3.8, 4) is 0 Å². The number of nitrogens with one attached hydrogen (secondary N) is 1. The zero-order valence-electron chi connectivity index (χ0n) is 16.8. The van der Waals surface area contributed by atoms with E-state index in [1.165, 1.54) is 11.1 Å². The number of Topliss-reactive ketones (excluding diaryl/α,β-unsaturated/α-hetero) is 1. The molecule has 0 radical (unpaired) electrons. The van der Waals surface area contributed by atoms with Crippen molar-refractivity contribution in [1.29, 1.82) is 0 Å². The maximum atomic E-state index is 13.1. The average molecular weight is 424 g/mol. The number of sulfonamides is 1. The van der Waals surface area contributed by atoms with Crippen molar-refractivity contribution >= 4 is 26.7 Å². The minimum atomic E-state index is -3.49. The fraction of sp³-hybridized carbons (Fsp3) is 0.348. The Hall–Kier alpha value is -2.48. The number of hydrogen-bond acceptors (Lipinski definition) is 4. The van der Waals surface area contributed by atoms with E-state index in [0.29, 0.717) is 43.2 Å². The lowest BCUT2D eigenvalue weighted by molar-refractivity contribution is 0.0903. The van der Waals surface area contributed by atoms with E-state index in [2.05, 4.69) is 4.98 Å². The number of carbonyl (C=O) groups excluding carboxylic acids is 1. The summed E-state index contributed by atoms with van der Waals surface area (Å²) < 4.78 is 27.7. The number of rotatable bonds is 5. The molecule has 1 aromatic heterocycles. The lowest BCUT2D eigenvalue weighted by atomic mass is 10.1. The van der Waals surface area contributed by atoms with Gasteiger partial charge in [-0.25, -0.2) is 8.42 Å². The highest BCUT2D eigenvalue weighted by Crippen LogP contribution is 2.27. The largest absolute Gasteiger partial charge is 0.360 e. The van der Waals surface area contributed by atoms with Crippen LogP contribution >= 0.6 is 0 Å². The molecule has 2 heterocycles. The molecule has 6 nitrogen and oxygen atoms in total. The van der Waals surface area contributed by atoms with Crippen molar-refractivity contribution in [1.82, 2.24) is 14.2 Å². The highest BCUT2D eigenvalue weighted by atomic mass is 32.2. The smallest absolute Gasteiger partial charge is 0.243 e. The highest BCUT2D eigenvalue weighted by molar-refractivity contribution is 7.89. The Balaban J connectivity index is 1.24. The molecule has 1 aliphatic carbocycles. The first kappa shape index (κ1) is 19.5. The van der Waals surface area contributed by atoms with Crippen LogP contribution in [0.4, 0.5) is 0 Å². The van der Waals surface area contributed by atoms with Gasteiger partial charge < -0.3 is 4.98 Å². The summed E-state index contributed by atoms with van der Waals surface area (Å²) in [5.74, 6) is 0.0578. The van der Waals surface area contributed by atoms with Gasteiger partial charge in [-0.2, -0.15) is 4.31 Å². The molecule has 0 saturated carbocycles. The summed E-state index contributed by atoms with van der Waals surface area (Å²) in [4.78, 5) is 18.4. The van der Waals surface area contributed by atoms with E-state index in [-0.39, 0.29) is 5.78 Å². The van der Waals surface area contributed by atoms with E-state index in [1.807, 2.05) is 41.3 Å². The van der Waals surface area contributed by atoms with Gasteiger partial charge in [0, 0.05) is 48.8 Å². The van der Waals surface area contributed by atoms with Gasteiger partial charge in [0.2, 0.25) is 10.0 Å². The zero-order chi connectivity index (χ0) is 20.7. The number of aryl methyl sites for hydroxylation is 2. The molecule has 0 unspecified atom stereocenters. The molecule has 30 heavy (non-hydrogen) atoms. The summed E-state index contributed by atoms with van der Waals surface area (Å²) in [5.41, 5.74) is 4.08. The van der Waals surface area contributed by atoms with Gasteiger partial charge in [0.15, 0.2) is 5.78 Å². The molecule has 0 amide bonds. The summed E-state index contributed by atoms with van der Waals surface area (Å²) in [6.07, 6.45) is 4.87. The number of carbonyl (C=O) groups is 1. The third-order valence-corrected chi connectivity index (χ3v) is 8.19. The van der Waals surface area contributed by atoms with Crippen LogP contribution in [0.25, 0.3) is 10.9 Å². The summed E-state index contributed by atoms with van der Waals surface area (Å²) in [7, 11) is -3.49. The number of ketones is 1. The van der Waals surface area contributed by atoms with Gasteiger partial charge in [0.1, 0.15) is 0 Å². The third kappa shape index (κ3) is 3.47. The highest BCUT2D eigenvalue weighted by Gasteiger charge is 2.30. The second-order valence-electron chi connectivity index (χ2n) is 8.14. The first-order valence-corrected chi connectivity index (χ1v) is 11.9. The van der Waals surface area contributed by atoms with Crippen molar-refractivity contribution < 1.29 is 13.2 Å². The molecular weight excluding hydrogens is 398 g/mol. The average Bonchev–Trinajstić information content (AvgIpc) is 3.40. The van der Waals surface area contributed by atoms with E-state index in [0.717, 1.165) is 30.2 Å². The normalized spacial score (nSPS) is 18.0. The lowest BCUT2D eigenvalue weighted by Crippen LogP contribution is -2.49. The molecule has 0 bridgehead atoms. The first-order chi connectivity index (χ1) is 14.5. The molecule has 0 spiro atoms. The van der Waals surface area contributed by atoms with Crippen LogP contribution < -0.4 is 0 Å². The van der Waals surface area contributed by atoms with Crippen molar-refractivity contribution in [2.75, 3.05) is 32.7 Å². The Kier molecular flexibility index (Phi) is 4.97. The van der Waals surface area contributed by atoms with Gasteiger partial charge in [-0.05, 0) is 48.6 Å². The Morgan fingerprint density at radius 1 is 0.967 bits per heavy atom. The molecule has 1 aliphatic heterocycles. The maximum absolute atomic E-state index is 13.1. The molecule has 7 heteroatoms.